The van der Waals surface area contributed by atoms with Crippen molar-refractivity contribution < 1.29 is 15.0 Å². The van der Waals surface area contributed by atoms with Gasteiger partial charge >= 0.3 is 6.09 Å². The third-order valence-electron chi connectivity index (χ3n) is 2.10. The first kappa shape index (κ1) is 9.28. The van der Waals surface area contributed by atoms with E-state index in [1.807, 2.05) is 0 Å². The van der Waals surface area contributed by atoms with Crippen LogP contribution in [0.25, 0.3) is 0 Å². The number of carboxylic acid groups (broad SMARTS) is 1. The third-order valence-corrected chi connectivity index (χ3v) is 2.10. The zero-order valence-electron chi connectivity index (χ0n) is 6.79. The number of carbonyl (C=O) groups is 1. The van der Waals surface area contributed by atoms with Crippen LogP contribution in [0.15, 0.2) is 0 Å². The minimum absolute atomic E-state index is 0.192. The lowest BCUT2D eigenvalue weighted by Crippen LogP contribution is -2.27. The number of hydrogen-bond acceptors (Lipinski definition) is 3. The second-order valence-corrected chi connectivity index (χ2v) is 3.01. The summed E-state index contributed by atoms with van der Waals surface area (Å²) in [6.07, 6.45) is -0.628. The van der Waals surface area contributed by atoms with Crippen molar-refractivity contribution in [2.45, 2.75) is 12.5 Å². The van der Waals surface area contributed by atoms with E-state index in [0.29, 0.717) is 19.5 Å². The van der Waals surface area contributed by atoms with E-state index in [2.05, 4.69) is 10.6 Å². The SMILES string of the molecule is O=C(O)NCC[C@@H]1CNC[C@H]1O. The monoisotopic (exact) mass is 174 g/mol. The predicted octanol–water partition coefficient (Wildman–Crippen LogP) is -0.776. The highest BCUT2D eigenvalue weighted by molar-refractivity contribution is 5.64. The van der Waals surface area contributed by atoms with E-state index < -0.39 is 6.09 Å². The molecule has 1 fully saturated rings. The summed E-state index contributed by atoms with van der Waals surface area (Å²) in [4.78, 5) is 10.1. The van der Waals surface area contributed by atoms with E-state index >= 15 is 0 Å². The summed E-state index contributed by atoms with van der Waals surface area (Å²) in [6.45, 7) is 1.82. The van der Waals surface area contributed by atoms with Gasteiger partial charge in [0.05, 0.1) is 6.10 Å². The average Bonchev–Trinajstić information content (AvgIpc) is 2.36. The Balaban J connectivity index is 2.10. The molecule has 1 aliphatic heterocycles. The molecule has 1 heterocycles. The Morgan fingerprint density at radius 1 is 1.58 bits per heavy atom. The second kappa shape index (κ2) is 4.27. The first-order valence-electron chi connectivity index (χ1n) is 4.05. The van der Waals surface area contributed by atoms with E-state index in [9.17, 15) is 9.90 Å². The molecule has 0 aromatic carbocycles. The zero-order valence-corrected chi connectivity index (χ0v) is 6.79. The van der Waals surface area contributed by atoms with Gasteiger partial charge in [-0.1, -0.05) is 0 Å². The molecule has 0 radical (unpaired) electrons. The number of aliphatic hydroxyl groups excluding tert-OH is 1. The number of β-amino-alcohol motifs (C(OH)–C–C–N with tert-alkyl or cyclic N) is 1. The van der Waals surface area contributed by atoms with Crippen molar-refractivity contribution in [2.24, 2.45) is 5.92 Å². The molecule has 0 aromatic rings. The molecule has 0 unspecified atom stereocenters. The van der Waals surface area contributed by atoms with E-state index in [4.69, 9.17) is 5.11 Å². The number of aliphatic hydroxyl groups is 1. The molecule has 1 aliphatic rings. The van der Waals surface area contributed by atoms with Crippen molar-refractivity contribution in [3.63, 3.8) is 0 Å². The zero-order chi connectivity index (χ0) is 8.97. The normalized spacial score (nSPS) is 28.8. The molecule has 2 atom stereocenters. The van der Waals surface area contributed by atoms with Crippen molar-refractivity contribution in [2.75, 3.05) is 19.6 Å². The van der Waals surface area contributed by atoms with Crippen LogP contribution in [0, 0.1) is 5.92 Å². The van der Waals surface area contributed by atoms with Crippen molar-refractivity contribution in [1.29, 1.82) is 0 Å². The van der Waals surface area contributed by atoms with Gasteiger partial charge in [-0.25, -0.2) is 4.79 Å². The fourth-order valence-corrected chi connectivity index (χ4v) is 1.38. The molecule has 0 bridgehead atoms. The molecule has 1 rings (SSSR count). The van der Waals surface area contributed by atoms with Gasteiger partial charge in [0.25, 0.3) is 0 Å². The van der Waals surface area contributed by atoms with Crippen LogP contribution in [-0.2, 0) is 0 Å². The molecule has 5 nitrogen and oxygen atoms in total. The summed E-state index contributed by atoms with van der Waals surface area (Å²) in [5, 5.41) is 22.9. The van der Waals surface area contributed by atoms with Gasteiger partial charge in [0.15, 0.2) is 0 Å². The number of rotatable bonds is 3. The summed E-state index contributed by atoms with van der Waals surface area (Å²) in [5.74, 6) is 0.192. The van der Waals surface area contributed by atoms with E-state index in [-0.39, 0.29) is 12.0 Å². The Kier molecular flexibility index (Phi) is 3.31. The molecule has 0 spiro atoms. The standard InChI is InChI=1S/C7H14N2O3/c10-6-4-8-3-5(6)1-2-9-7(11)12/h5-6,8-10H,1-4H2,(H,11,12)/t5-,6-/m1/s1. The summed E-state index contributed by atoms with van der Waals surface area (Å²) in [6, 6.07) is 0. The molecule has 70 valence electrons. The van der Waals surface area contributed by atoms with Crippen LogP contribution in [-0.4, -0.2) is 42.0 Å². The van der Waals surface area contributed by atoms with E-state index in [1.165, 1.54) is 0 Å². The fraction of sp³-hybridized carbons (Fsp3) is 0.857. The highest BCUT2D eigenvalue weighted by atomic mass is 16.4. The number of nitrogens with one attached hydrogen (secondary N) is 2. The summed E-state index contributed by atoms with van der Waals surface area (Å²) in [7, 11) is 0. The van der Waals surface area contributed by atoms with Gasteiger partial charge in [0.1, 0.15) is 0 Å². The number of hydrogen-bond donors (Lipinski definition) is 4. The minimum atomic E-state index is -1.00. The number of amides is 1. The average molecular weight is 174 g/mol. The van der Waals surface area contributed by atoms with Crippen LogP contribution in [0.3, 0.4) is 0 Å². The lowest BCUT2D eigenvalue weighted by atomic mass is 10.0. The second-order valence-electron chi connectivity index (χ2n) is 3.01. The lowest BCUT2D eigenvalue weighted by molar-refractivity contribution is 0.141. The first-order chi connectivity index (χ1) is 5.70. The largest absolute Gasteiger partial charge is 0.465 e. The van der Waals surface area contributed by atoms with E-state index in [0.717, 1.165) is 6.54 Å². The van der Waals surface area contributed by atoms with Gasteiger partial charge in [0.2, 0.25) is 0 Å². The summed E-state index contributed by atoms with van der Waals surface area (Å²) >= 11 is 0. The van der Waals surface area contributed by atoms with Crippen molar-refractivity contribution in [1.82, 2.24) is 10.6 Å². The molecule has 1 amide bonds. The third kappa shape index (κ3) is 2.67. The Hall–Kier alpha value is -0.810. The topological polar surface area (TPSA) is 81.6 Å². The van der Waals surface area contributed by atoms with Crippen LogP contribution in [0.4, 0.5) is 4.79 Å². The van der Waals surface area contributed by atoms with Gasteiger partial charge in [-0.15, -0.1) is 0 Å². The molecule has 12 heavy (non-hydrogen) atoms. The molecular weight excluding hydrogens is 160 g/mol. The molecule has 0 saturated carbocycles. The fourth-order valence-electron chi connectivity index (χ4n) is 1.38. The highest BCUT2D eigenvalue weighted by Gasteiger charge is 2.24. The quantitative estimate of drug-likeness (QED) is 0.452. The predicted molar refractivity (Wildman–Crippen MR) is 43.0 cm³/mol. The van der Waals surface area contributed by atoms with E-state index in [1.54, 1.807) is 0 Å². The van der Waals surface area contributed by atoms with Crippen LogP contribution in [0.2, 0.25) is 0 Å². The van der Waals surface area contributed by atoms with Crippen LogP contribution < -0.4 is 10.6 Å². The molecule has 1 saturated heterocycles. The lowest BCUT2D eigenvalue weighted by Gasteiger charge is -2.12. The maximum atomic E-state index is 10.1. The van der Waals surface area contributed by atoms with Crippen molar-refractivity contribution in [3.8, 4) is 0 Å². The van der Waals surface area contributed by atoms with Gasteiger partial charge in [-0.3, -0.25) is 0 Å². The van der Waals surface area contributed by atoms with Crippen LogP contribution >= 0.6 is 0 Å². The molecule has 5 heteroatoms. The van der Waals surface area contributed by atoms with Gasteiger partial charge in [-0.2, -0.15) is 0 Å². The Labute approximate surface area is 70.8 Å². The maximum Gasteiger partial charge on any atom is 0.404 e. The smallest absolute Gasteiger partial charge is 0.404 e. The van der Waals surface area contributed by atoms with Crippen molar-refractivity contribution >= 4 is 6.09 Å². The Bertz CT molecular complexity index is 163. The summed E-state index contributed by atoms with van der Waals surface area (Å²) in [5.41, 5.74) is 0. The van der Waals surface area contributed by atoms with Crippen molar-refractivity contribution in [3.05, 3.63) is 0 Å². The minimum Gasteiger partial charge on any atom is -0.465 e. The Morgan fingerprint density at radius 2 is 2.33 bits per heavy atom. The van der Waals surface area contributed by atoms with Gasteiger partial charge in [0, 0.05) is 25.6 Å². The molecule has 4 N–H and O–H groups in total. The van der Waals surface area contributed by atoms with Crippen LogP contribution in [0.1, 0.15) is 6.42 Å². The van der Waals surface area contributed by atoms with Gasteiger partial charge in [-0.05, 0) is 6.42 Å². The van der Waals surface area contributed by atoms with Crippen LogP contribution in [0.5, 0.6) is 0 Å². The van der Waals surface area contributed by atoms with Gasteiger partial charge < -0.3 is 20.8 Å². The first-order valence-corrected chi connectivity index (χ1v) is 4.05. The molecule has 0 aliphatic carbocycles. The highest BCUT2D eigenvalue weighted by Crippen LogP contribution is 2.11. The maximum absolute atomic E-state index is 10.1. The summed E-state index contributed by atoms with van der Waals surface area (Å²) < 4.78 is 0. The Morgan fingerprint density at radius 3 is 2.83 bits per heavy atom. The molecular formula is C7H14N2O3. The molecule has 0 aromatic heterocycles.